The van der Waals surface area contributed by atoms with Gasteiger partial charge in [0.05, 0.1) is 159 Å². The third kappa shape index (κ3) is 36.9. The van der Waals surface area contributed by atoms with Crippen molar-refractivity contribution in [3.8, 4) is 23.0 Å². The molecule has 8 atom stereocenters. The van der Waals surface area contributed by atoms with Gasteiger partial charge in [0.25, 0.3) is 23.3 Å². The number of hydrogen-bond acceptors (Lipinski definition) is 34. The monoisotopic (exact) mass is 1970 g/mol. The van der Waals surface area contributed by atoms with Gasteiger partial charge >= 0.3 is 24.0 Å². The molecule has 5 heterocycles. The number of rotatable bonds is 62. The van der Waals surface area contributed by atoms with Gasteiger partial charge in [-0.2, -0.15) is 4.98 Å². The number of hydrogen-bond donors (Lipinski definition) is 17. The van der Waals surface area contributed by atoms with Gasteiger partial charge in [-0.15, -0.1) is 0 Å². The highest BCUT2D eigenvalue weighted by Gasteiger charge is 2.38. The summed E-state index contributed by atoms with van der Waals surface area (Å²) in [6, 6.07) is 3.83. The van der Waals surface area contributed by atoms with Gasteiger partial charge in [-0.05, 0) is 102 Å². The number of unbranched alkanes of at least 4 members (excludes halogenated alkanes) is 2. The van der Waals surface area contributed by atoms with E-state index in [1.807, 2.05) is 6.92 Å². The first-order chi connectivity index (χ1) is 66.2. The maximum absolute atomic E-state index is 14.4. The number of aromatic amines is 1. The van der Waals surface area contributed by atoms with E-state index in [2.05, 4.69) is 96.4 Å². The SMILES string of the molecule is C=C1C[C@H]2C=Nc3cc(OCCCCCOc4cc(NC(=O)OCCSSC[C@@H](C)NC(=O)CCOCCOCCOCCOCCNC(=O)C(CC(=O)O)NC(=O)[C@H](CC(=O)O)NC(=O)[C@H](CCCNC(=N)N)NC(=O)[C@H](CC(=O)O)NC(=O)CC[C@@H](C)NC(=O)c5ccc(NCc6cnc7nc(N)[nH]c(=O)c7n6)cc5)c(C(=O)N5CC(=C)C[C@H]5/C=N/OC)cc4OC)c(OC)cc3C(=O)N2C1. The molecule has 5 aromatic rings. The van der Waals surface area contributed by atoms with Crippen molar-refractivity contribution in [2.45, 2.75) is 152 Å². The summed E-state index contributed by atoms with van der Waals surface area (Å²) in [5, 5.41) is 66.0. The number of carbonyl (C=O) groups excluding carboxylic acids is 10. The normalized spacial score (nSPS) is 15.0. The fraction of sp³-hybridized carbons (Fsp3) is 0.500. The number of aromatic nitrogens is 4. The molecule has 3 aromatic carbocycles. The Morgan fingerprint density at radius 3 is 1.88 bits per heavy atom. The Labute approximate surface area is 801 Å². The maximum Gasteiger partial charge on any atom is 0.411 e. The summed E-state index contributed by atoms with van der Waals surface area (Å²) in [6.07, 6.45) is 3.16. The van der Waals surface area contributed by atoms with Crippen molar-refractivity contribution in [2.75, 3.05) is 148 Å². The van der Waals surface area contributed by atoms with Crippen LogP contribution in [0.1, 0.15) is 134 Å². The Bertz CT molecular complexity index is 5230. The number of benzene rings is 3. The van der Waals surface area contributed by atoms with E-state index in [-0.39, 0.29) is 194 Å². The van der Waals surface area contributed by atoms with E-state index in [0.29, 0.717) is 90.9 Å². The second-order valence-corrected chi connectivity index (χ2v) is 34.3. The zero-order chi connectivity index (χ0) is 100. The number of nitrogens with zero attached hydrogens (tertiary/aromatic N) is 7. The molecule has 19 N–H and O–H groups in total. The third-order valence-corrected chi connectivity index (χ3v) is 23.3. The molecular weight excluding hydrogens is 1850 g/mol. The van der Waals surface area contributed by atoms with Gasteiger partial charge in [-0.1, -0.05) is 51.0 Å². The van der Waals surface area contributed by atoms with E-state index < -0.39 is 132 Å². The Morgan fingerprint density at radius 1 is 0.638 bits per heavy atom. The van der Waals surface area contributed by atoms with Crippen LogP contribution in [0.4, 0.5) is 27.8 Å². The van der Waals surface area contributed by atoms with Crippen molar-refractivity contribution in [3.05, 3.63) is 112 Å². The Balaban J connectivity index is 0.669. The number of H-pyrrole nitrogens is 1. The first kappa shape index (κ1) is 109. The Morgan fingerprint density at radius 2 is 1.24 bits per heavy atom. The van der Waals surface area contributed by atoms with Crippen molar-refractivity contribution >= 4 is 151 Å². The molecule has 3 aliphatic rings. The van der Waals surface area contributed by atoms with Crippen LogP contribution >= 0.6 is 21.6 Å². The van der Waals surface area contributed by atoms with Crippen molar-refractivity contribution in [2.24, 2.45) is 15.9 Å². The molecule has 0 spiro atoms. The smallest absolute Gasteiger partial charge is 0.411 e. The van der Waals surface area contributed by atoms with Gasteiger partial charge in [-0.25, -0.2) is 14.8 Å². The number of guanidine groups is 1. The first-order valence-corrected chi connectivity index (χ1v) is 46.6. The lowest BCUT2D eigenvalue weighted by Gasteiger charge is -2.26. The minimum absolute atomic E-state index is 0.00185. The molecule has 2 saturated heterocycles. The van der Waals surface area contributed by atoms with Crippen molar-refractivity contribution in [1.82, 2.24) is 72.3 Å². The fourth-order valence-corrected chi connectivity index (χ4v) is 16.0. The summed E-state index contributed by atoms with van der Waals surface area (Å²) < 4.78 is 51.3. The number of likely N-dealkylation sites (tertiary alicyclic amines) is 1. The quantitative estimate of drug-likeness (QED) is 0.00664. The summed E-state index contributed by atoms with van der Waals surface area (Å²) in [5.41, 5.74) is 14.6. The molecule has 2 aromatic heterocycles. The summed E-state index contributed by atoms with van der Waals surface area (Å²) in [6.45, 7) is 13.6. The highest BCUT2D eigenvalue weighted by Crippen LogP contribution is 2.40. The number of carboxylic acids is 3. The lowest BCUT2D eigenvalue weighted by molar-refractivity contribution is -0.143. The lowest BCUT2D eigenvalue weighted by Crippen LogP contribution is -2.59. The maximum atomic E-state index is 14.4. The number of aliphatic imine (C=N–C) groups is 1. The second kappa shape index (κ2) is 57.2. The number of nitrogens with one attached hydrogen (secondary N) is 12. The van der Waals surface area contributed by atoms with Gasteiger partial charge in [0.2, 0.25) is 41.4 Å². The average Bonchev–Trinajstić information content (AvgIpc) is 1.54. The highest BCUT2D eigenvalue weighted by molar-refractivity contribution is 8.76. The summed E-state index contributed by atoms with van der Waals surface area (Å²) >= 11 is 0. The Kier molecular flexibility index (Phi) is 45.3. The third-order valence-electron chi connectivity index (χ3n) is 20.7. The topological polar surface area (TPSA) is 674 Å². The van der Waals surface area contributed by atoms with E-state index in [1.54, 1.807) is 47.2 Å². The van der Waals surface area contributed by atoms with Crippen molar-refractivity contribution in [3.63, 3.8) is 0 Å². The molecule has 0 bridgehead atoms. The Hall–Kier alpha value is -14.0. The van der Waals surface area contributed by atoms with Gasteiger partial charge in [0.15, 0.2) is 40.1 Å². The van der Waals surface area contributed by atoms with Crippen molar-refractivity contribution < 1.29 is 125 Å². The van der Waals surface area contributed by atoms with Crippen LogP contribution in [0.15, 0.2) is 94.0 Å². The molecule has 48 nitrogen and oxygen atoms in total. The fourth-order valence-electron chi connectivity index (χ4n) is 13.9. The van der Waals surface area contributed by atoms with Crippen LogP contribution in [0, 0.1) is 5.41 Å². The standard InChI is InChI=1S/C88H119N21O27S2/c1-50-34-57-45-95-62-38-69(67(127-5)36-59(62)84(124)108(57)47-50)134-22-9-8-10-23-135-70-39-63(60(37-68(70)128-6)85(125)109-48-51(2)35-58(109)46-97-129-7)105-88(126)136-32-33-137-138-49-53(4)98-72(111)19-24-130-26-28-132-30-31-133-29-27-131-25-21-92-79(119)64(40-73(112)113)103-82(122)66(42-75(116)117)104-80(120)61(12-11-20-93-86(89)90)102-81(121)65(41-74(114)115)101-71(110)18-13-52(3)99-78(118)54-14-16-55(17-15-54)94-43-56-44-96-77-76(100-56)83(123)107-87(91)106-77/h14-17,36-39,44-46,52-53,57-58,61,64-66,94H,1-2,8-13,18-35,40-43,47-49H2,3-7H3,(H,92,119)(H,98,111)(H,99,118)(H,101,110)(H,102,121)(H,103,122)(H,104,120)(H,105,126)(H,112,113)(H,114,115)(H,116,117)(H4,89,90,93)(H3,91,96,106,107,123)/b97-46+/t52-,53-,57+,58+,61+,64?,65+,66+/m1/s1. The molecule has 0 saturated carbocycles. The van der Waals surface area contributed by atoms with Gasteiger partial charge in [-0.3, -0.25) is 83.0 Å². The number of nitrogens with two attached hydrogens (primary N) is 2. The minimum atomic E-state index is -2.02. The van der Waals surface area contributed by atoms with Crippen LogP contribution in [-0.4, -0.2) is 321 Å². The number of methoxy groups -OCH3 is 2. The highest BCUT2D eigenvalue weighted by atomic mass is 33.1. The molecule has 1 unspecified atom stereocenters. The number of amides is 10. The van der Waals surface area contributed by atoms with Gasteiger partial charge < -0.3 is 132 Å². The molecule has 10 amide bonds. The van der Waals surface area contributed by atoms with Crippen LogP contribution in [0.3, 0.4) is 0 Å². The zero-order valence-corrected chi connectivity index (χ0v) is 78.7. The largest absolute Gasteiger partial charge is 0.493 e. The molecule has 2 fully saturated rings. The number of aliphatic carboxylic acids is 3. The molecule has 50 heteroatoms. The molecule has 0 aliphatic carbocycles. The zero-order valence-electron chi connectivity index (χ0n) is 77.0. The van der Waals surface area contributed by atoms with Crippen LogP contribution in [-0.2, 0) is 78.2 Å². The number of carboxylic acid groups (broad SMARTS) is 3. The molecule has 0 radical (unpaired) electrons. The van der Waals surface area contributed by atoms with E-state index in [0.717, 1.165) is 11.1 Å². The number of carbonyl (C=O) groups is 13. The van der Waals surface area contributed by atoms with E-state index in [1.165, 1.54) is 79.6 Å². The summed E-state index contributed by atoms with van der Waals surface area (Å²) in [4.78, 5) is 211. The van der Waals surface area contributed by atoms with Gasteiger partial charge in [0.1, 0.15) is 37.9 Å². The predicted octanol–water partition coefficient (Wildman–Crippen LogP) is 2.67. The van der Waals surface area contributed by atoms with E-state index in [9.17, 15) is 82.4 Å². The molecule has 750 valence electrons. The van der Waals surface area contributed by atoms with Crippen LogP contribution in [0.2, 0.25) is 0 Å². The number of fused-ring (bicyclic) bond motifs is 3. The summed E-state index contributed by atoms with van der Waals surface area (Å²) in [5.74, 6) is -9.96. The predicted molar refractivity (Wildman–Crippen MR) is 506 cm³/mol. The van der Waals surface area contributed by atoms with Crippen LogP contribution < -0.4 is 89.1 Å². The number of anilines is 3. The minimum Gasteiger partial charge on any atom is -0.493 e. The number of nitrogen functional groups attached to an aromatic ring is 1. The molecule has 138 heavy (non-hydrogen) atoms. The van der Waals surface area contributed by atoms with Crippen LogP contribution in [0.5, 0.6) is 23.0 Å². The number of ether oxygens (including phenoxy) is 9. The van der Waals surface area contributed by atoms with E-state index >= 15 is 0 Å². The van der Waals surface area contributed by atoms with Gasteiger partial charge in [0, 0.05) is 92.2 Å². The number of oxime groups is 1. The first-order valence-electron chi connectivity index (χ1n) is 44.1. The average molecular weight is 1970 g/mol. The lowest BCUT2D eigenvalue weighted by atomic mass is 10.1. The molecule has 3 aliphatic heterocycles. The molecule has 8 rings (SSSR count). The summed E-state index contributed by atoms with van der Waals surface area (Å²) in [7, 11) is 7.25. The molecular formula is C88H119N21O27S2. The van der Waals surface area contributed by atoms with Crippen molar-refractivity contribution in [1.29, 1.82) is 5.41 Å². The second-order valence-electron chi connectivity index (χ2n) is 31.7. The van der Waals surface area contributed by atoms with E-state index in [4.69, 9.17) is 64.3 Å². The van der Waals surface area contributed by atoms with Crippen LogP contribution in [0.25, 0.3) is 11.2 Å².